The maximum absolute atomic E-state index is 5.83. The van der Waals surface area contributed by atoms with Gasteiger partial charge in [-0.1, -0.05) is 72.4 Å². The Hall–Kier alpha value is -11.4. The van der Waals surface area contributed by atoms with E-state index in [2.05, 4.69) is 202 Å². The van der Waals surface area contributed by atoms with E-state index in [0.717, 1.165) is 146 Å². The van der Waals surface area contributed by atoms with Gasteiger partial charge in [-0.05, 0) is 230 Å². The molecular formula is C80H70N4O8S. The molecule has 12 aromatic rings. The Balaban J connectivity index is 1.22. The van der Waals surface area contributed by atoms with E-state index in [9.17, 15) is 0 Å². The van der Waals surface area contributed by atoms with E-state index < -0.39 is 0 Å². The summed E-state index contributed by atoms with van der Waals surface area (Å²) in [6, 6.07) is 96.0. The minimum atomic E-state index is 0.725. The molecule has 12 aromatic carbocycles. The number of anilines is 12. The molecule has 12 rings (SSSR count). The zero-order chi connectivity index (χ0) is 64.2. The highest BCUT2D eigenvalue weighted by molar-refractivity contribution is 7.99. The van der Waals surface area contributed by atoms with Crippen LogP contribution >= 0.6 is 11.8 Å². The van der Waals surface area contributed by atoms with E-state index in [4.69, 9.17) is 37.9 Å². The lowest BCUT2D eigenvalue weighted by Gasteiger charge is -2.36. The molecule has 0 aliphatic rings. The molecule has 93 heavy (non-hydrogen) atoms. The van der Waals surface area contributed by atoms with Gasteiger partial charge in [-0.3, -0.25) is 0 Å². The lowest BCUT2D eigenvalue weighted by Crippen LogP contribution is -2.19. The molecule has 464 valence electrons. The minimum absolute atomic E-state index is 0.725. The zero-order valence-electron chi connectivity index (χ0n) is 53.0. The first-order valence-corrected chi connectivity index (χ1v) is 31.0. The molecule has 0 bridgehead atoms. The molecule has 0 aliphatic heterocycles. The first kappa shape index (κ1) is 61.8. The molecular weight excluding hydrogens is 1180 g/mol. The van der Waals surface area contributed by atoms with E-state index in [1.165, 1.54) is 0 Å². The third-order valence-corrected chi connectivity index (χ3v) is 17.3. The molecule has 0 spiro atoms. The molecule has 0 aliphatic carbocycles. The van der Waals surface area contributed by atoms with Crippen molar-refractivity contribution in [1.82, 2.24) is 0 Å². The summed E-state index contributed by atoms with van der Waals surface area (Å²) < 4.78 is 46.5. The number of benzene rings is 12. The molecule has 0 saturated carbocycles. The Morgan fingerprint density at radius 2 is 0.398 bits per heavy atom. The second-order valence-electron chi connectivity index (χ2n) is 21.4. The Kier molecular flexibility index (Phi) is 19.0. The van der Waals surface area contributed by atoms with Crippen LogP contribution in [-0.2, 0) is 0 Å². The molecule has 0 heterocycles. The molecule has 12 nitrogen and oxygen atoms in total. The Bertz CT molecular complexity index is 3940. The van der Waals surface area contributed by atoms with Crippen LogP contribution in [0.4, 0.5) is 68.2 Å². The van der Waals surface area contributed by atoms with Crippen molar-refractivity contribution in [2.75, 3.05) is 76.5 Å². The number of nitrogens with zero attached hydrogens (tertiary/aromatic N) is 4. The van der Waals surface area contributed by atoms with Gasteiger partial charge in [0.15, 0.2) is 0 Å². The van der Waals surface area contributed by atoms with Crippen LogP contribution in [0.15, 0.2) is 289 Å². The fraction of sp³-hybridized carbons (Fsp3) is 0.100. The fourth-order valence-electron chi connectivity index (χ4n) is 11.5. The lowest BCUT2D eigenvalue weighted by molar-refractivity contribution is 0.414. The van der Waals surface area contributed by atoms with Crippen LogP contribution in [0.2, 0.25) is 0 Å². The average molecular weight is 1250 g/mol. The number of rotatable bonds is 24. The van der Waals surface area contributed by atoms with Crippen molar-refractivity contribution < 1.29 is 37.9 Å². The van der Waals surface area contributed by atoms with E-state index in [1.54, 1.807) is 68.6 Å². The Labute approximate surface area is 548 Å². The van der Waals surface area contributed by atoms with Crippen LogP contribution < -0.4 is 57.5 Å². The topological polar surface area (TPSA) is 86.8 Å². The summed E-state index contributed by atoms with van der Waals surface area (Å²) in [5.74, 6) is 5.83. The lowest BCUT2D eigenvalue weighted by atomic mass is 9.98. The van der Waals surface area contributed by atoms with Crippen molar-refractivity contribution >= 4 is 80.0 Å². The van der Waals surface area contributed by atoms with Gasteiger partial charge >= 0.3 is 0 Å². The van der Waals surface area contributed by atoms with Gasteiger partial charge in [0, 0.05) is 66.4 Å². The molecule has 13 heteroatoms. The van der Waals surface area contributed by atoms with Gasteiger partial charge in [-0.2, -0.15) is 0 Å². The van der Waals surface area contributed by atoms with Gasteiger partial charge in [-0.15, -0.1) is 0 Å². The van der Waals surface area contributed by atoms with Crippen molar-refractivity contribution in [3.8, 4) is 68.2 Å². The predicted octanol–water partition coefficient (Wildman–Crippen LogP) is 21.1. The van der Waals surface area contributed by atoms with Gasteiger partial charge in [-0.25, -0.2) is 0 Å². The van der Waals surface area contributed by atoms with Gasteiger partial charge in [0.1, 0.15) is 46.0 Å². The van der Waals surface area contributed by atoms with Crippen LogP contribution in [0, 0.1) is 0 Å². The largest absolute Gasteiger partial charge is 0.497 e. The summed E-state index contributed by atoms with van der Waals surface area (Å²) in [5.41, 5.74) is 14.5. The molecule has 0 radical (unpaired) electrons. The Morgan fingerprint density at radius 1 is 0.204 bits per heavy atom. The summed E-state index contributed by atoms with van der Waals surface area (Å²) in [7, 11) is 13.5. The predicted molar refractivity (Wildman–Crippen MR) is 379 cm³/mol. The molecule has 0 N–H and O–H groups in total. The van der Waals surface area contributed by atoms with E-state index >= 15 is 0 Å². The highest BCUT2D eigenvalue weighted by Gasteiger charge is 2.32. The number of methoxy groups -OCH3 is 8. The third-order valence-electron chi connectivity index (χ3n) is 16.2. The average Bonchev–Trinajstić information content (AvgIpc) is 0.763. The van der Waals surface area contributed by atoms with Crippen molar-refractivity contribution in [3.05, 3.63) is 279 Å². The van der Waals surface area contributed by atoms with Gasteiger partial charge in [0.25, 0.3) is 0 Å². The summed E-state index contributed by atoms with van der Waals surface area (Å²) in [6.07, 6.45) is 0. The first-order valence-electron chi connectivity index (χ1n) is 30.2. The molecule has 0 saturated heterocycles. The van der Waals surface area contributed by atoms with Gasteiger partial charge in [0.2, 0.25) is 0 Å². The minimum Gasteiger partial charge on any atom is -0.497 e. The molecule has 0 unspecified atom stereocenters. The maximum atomic E-state index is 5.83. The Morgan fingerprint density at radius 3 is 0.591 bits per heavy atom. The van der Waals surface area contributed by atoms with Gasteiger partial charge < -0.3 is 57.5 Å². The second kappa shape index (κ2) is 28.6. The van der Waals surface area contributed by atoms with Crippen molar-refractivity contribution in [2.24, 2.45) is 0 Å². The van der Waals surface area contributed by atoms with Crippen LogP contribution in [-0.4, -0.2) is 56.9 Å². The smallest absolute Gasteiger partial charge is 0.119 e. The zero-order valence-corrected chi connectivity index (χ0v) is 53.8. The molecule has 0 aromatic heterocycles. The molecule has 0 fully saturated rings. The monoisotopic (exact) mass is 1250 g/mol. The summed E-state index contributed by atoms with van der Waals surface area (Å²) in [5, 5.41) is 0. The van der Waals surface area contributed by atoms with Crippen LogP contribution in [0.1, 0.15) is 0 Å². The normalized spacial score (nSPS) is 10.8. The highest BCUT2D eigenvalue weighted by Crippen LogP contribution is 2.58. The van der Waals surface area contributed by atoms with Crippen molar-refractivity contribution in [2.45, 2.75) is 9.79 Å². The standard InChI is InChI=1S/C80H70N4O8S/c1-85-65-35-19-57(20-36-65)81(58-21-37-66(86-2)38-22-58)73-51-53-75(77(55-15-11-9-12-16-55)79(73)83(61-27-43-69(89-5)44-28-61)62-29-45-70(90-6)46-30-62)93-76-54-52-74(82(59-23-39-67(87-3)40-24-59)60-25-41-68(88-4)42-26-60)80(78(76)56-17-13-10-14-18-56)84(63-31-47-71(91-7)48-32-63)64-33-49-72(92-8)50-34-64/h9-54H,1-8H3. The SMILES string of the molecule is COc1ccc(N(c2ccc(OC)cc2)c2ccc(Sc3ccc(N(c4ccc(OC)cc4)c4ccc(OC)cc4)c(N(c4ccc(OC)cc4)c4ccc(OC)cc4)c3-c3ccccc3)c(-c3ccccc3)c2N(c2ccc(OC)cc2)c2ccc(OC)cc2)cc1. The van der Waals surface area contributed by atoms with E-state index in [0.29, 0.717) is 0 Å². The number of ether oxygens (including phenoxy) is 8. The maximum Gasteiger partial charge on any atom is 0.119 e. The van der Waals surface area contributed by atoms with Gasteiger partial charge in [0.05, 0.1) is 79.6 Å². The van der Waals surface area contributed by atoms with Crippen LogP contribution in [0.25, 0.3) is 22.3 Å². The third kappa shape index (κ3) is 13.1. The fourth-order valence-corrected chi connectivity index (χ4v) is 12.7. The summed E-state index contributed by atoms with van der Waals surface area (Å²) >= 11 is 1.71. The van der Waals surface area contributed by atoms with E-state index in [-0.39, 0.29) is 0 Å². The quantitative estimate of drug-likeness (QED) is 0.0576. The second-order valence-corrected chi connectivity index (χ2v) is 22.5. The van der Waals surface area contributed by atoms with Crippen LogP contribution in [0.5, 0.6) is 46.0 Å². The summed E-state index contributed by atoms with van der Waals surface area (Å²) in [4.78, 5) is 11.2. The molecule has 0 atom stereocenters. The highest BCUT2D eigenvalue weighted by atomic mass is 32.2. The van der Waals surface area contributed by atoms with Crippen molar-refractivity contribution in [1.29, 1.82) is 0 Å². The van der Waals surface area contributed by atoms with Crippen molar-refractivity contribution in [3.63, 3.8) is 0 Å². The summed E-state index contributed by atoms with van der Waals surface area (Å²) in [6.45, 7) is 0. The molecule has 0 amide bonds. The van der Waals surface area contributed by atoms with Crippen LogP contribution in [0.3, 0.4) is 0 Å². The first-order chi connectivity index (χ1) is 45.7. The number of hydrogen-bond donors (Lipinski definition) is 0. The number of hydrogen-bond acceptors (Lipinski definition) is 13. The van der Waals surface area contributed by atoms with E-state index in [1.807, 2.05) is 97.1 Å².